The monoisotopic (exact) mass is 303 g/mol. The third-order valence-corrected chi connectivity index (χ3v) is 4.98. The average molecular weight is 303 g/mol. The second-order valence-corrected chi connectivity index (χ2v) is 6.45. The van der Waals surface area contributed by atoms with Crippen molar-refractivity contribution in [2.75, 3.05) is 0 Å². The molecule has 0 spiro atoms. The molecule has 2 unspecified atom stereocenters. The number of amides is 1. The van der Waals surface area contributed by atoms with Gasteiger partial charge in [0, 0.05) is 0 Å². The maximum atomic E-state index is 12.7. The van der Waals surface area contributed by atoms with Gasteiger partial charge in [-0.3, -0.25) is 9.59 Å². The van der Waals surface area contributed by atoms with Crippen LogP contribution in [0.4, 0.5) is 0 Å². The van der Waals surface area contributed by atoms with Crippen LogP contribution in [0.2, 0.25) is 0 Å². The normalized spacial score (nSPS) is 19.9. The topological polar surface area (TPSA) is 66.4 Å². The molecule has 1 aliphatic carbocycles. The first-order valence-corrected chi connectivity index (χ1v) is 8.05. The van der Waals surface area contributed by atoms with Gasteiger partial charge in [0.25, 0.3) is 0 Å². The SMILES string of the molecule is CC(NC(=O)C(C)(C(=O)O)C1CCCCC1)c1ccccc1. The van der Waals surface area contributed by atoms with E-state index in [1.54, 1.807) is 6.92 Å². The number of hydrogen-bond acceptors (Lipinski definition) is 2. The molecule has 0 aromatic heterocycles. The minimum atomic E-state index is -1.34. The number of carboxylic acids is 1. The Morgan fingerprint density at radius 2 is 1.77 bits per heavy atom. The highest BCUT2D eigenvalue weighted by atomic mass is 16.4. The van der Waals surface area contributed by atoms with E-state index in [2.05, 4.69) is 5.32 Å². The van der Waals surface area contributed by atoms with E-state index in [4.69, 9.17) is 0 Å². The van der Waals surface area contributed by atoms with Crippen LogP contribution in [-0.2, 0) is 9.59 Å². The predicted molar refractivity (Wildman–Crippen MR) is 85.3 cm³/mol. The summed E-state index contributed by atoms with van der Waals surface area (Å²) in [6.45, 7) is 3.47. The van der Waals surface area contributed by atoms with Crippen molar-refractivity contribution in [3.05, 3.63) is 35.9 Å². The molecular weight excluding hydrogens is 278 g/mol. The summed E-state index contributed by atoms with van der Waals surface area (Å²) in [6.07, 6.45) is 4.78. The zero-order valence-electron chi connectivity index (χ0n) is 13.3. The second kappa shape index (κ2) is 6.95. The lowest BCUT2D eigenvalue weighted by Crippen LogP contribution is -2.50. The molecule has 0 radical (unpaired) electrons. The Kier molecular flexibility index (Phi) is 5.22. The van der Waals surface area contributed by atoms with Crippen molar-refractivity contribution in [1.29, 1.82) is 0 Å². The molecule has 2 N–H and O–H groups in total. The van der Waals surface area contributed by atoms with Gasteiger partial charge < -0.3 is 10.4 Å². The van der Waals surface area contributed by atoms with Gasteiger partial charge in [-0.2, -0.15) is 0 Å². The maximum absolute atomic E-state index is 12.7. The third-order valence-electron chi connectivity index (χ3n) is 4.98. The summed E-state index contributed by atoms with van der Waals surface area (Å²) >= 11 is 0. The van der Waals surface area contributed by atoms with Gasteiger partial charge in [-0.05, 0) is 38.2 Å². The molecule has 0 aliphatic heterocycles. The molecule has 120 valence electrons. The molecule has 1 amide bonds. The molecule has 1 aromatic rings. The minimum Gasteiger partial charge on any atom is -0.480 e. The second-order valence-electron chi connectivity index (χ2n) is 6.45. The Bertz CT molecular complexity index is 522. The molecule has 2 rings (SSSR count). The van der Waals surface area contributed by atoms with E-state index in [0.717, 1.165) is 37.7 Å². The highest BCUT2D eigenvalue weighted by Gasteiger charge is 2.48. The molecule has 4 nitrogen and oxygen atoms in total. The Morgan fingerprint density at radius 3 is 2.32 bits per heavy atom. The van der Waals surface area contributed by atoms with Gasteiger partial charge in [0.1, 0.15) is 5.41 Å². The first kappa shape index (κ1) is 16.5. The third kappa shape index (κ3) is 3.32. The standard InChI is InChI=1S/C18H25NO3/c1-13(14-9-5-3-6-10-14)19-16(20)18(2,17(21)22)15-11-7-4-8-12-15/h3,5-6,9-10,13,15H,4,7-8,11-12H2,1-2H3,(H,19,20)(H,21,22). The highest BCUT2D eigenvalue weighted by molar-refractivity contribution is 6.02. The number of carbonyl (C=O) groups excluding carboxylic acids is 1. The Labute approximate surface area is 131 Å². The Hall–Kier alpha value is -1.84. The number of rotatable bonds is 5. The largest absolute Gasteiger partial charge is 0.480 e. The molecule has 4 heteroatoms. The van der Waals surface area contributed by atoms with E-state index < -0.39 is 11.4 Å². The summed E-state index contributed by atoms with van der Waals surface area (Å²) < 4.78 is 0. The van der Waals surface area contributed by atoms with Crippen LogP contribution in [0.3, 0.4) is 0 Å². The summed E-state index contributed by atoms with van der Waals surface area (Å²) in [7, 11) is 0. The lowest BCUT2D eigenvalue weighted by atomic mass is 9.69. The fourth-order valence-corrected chi connectivity index (χ4v) is 3.31. The van der Waals surface area contributed by atoms with Crippen molar-refractivity contribution in [2.45, 2.75) is 52.0 Å². The van der Waals surface area contributed by atoms with Gasteiger partial charge >= 0.3 is 5.97 Å². The van der Waals surface area contributed by atoms with Gasteiger partial charge in [-0.1, -0.05) is 49.6 Å². The van der Waals surface area contributed by atoms with E-state index in [1.165, 1.54) is 0 Å². The van der Waals surface area contributed by atoms with E-state index in [0.29, 0.717) is 0 Å². The molecule has 2 atom stereocenters. The molecule has 22 heavy (non-hydrogen) atoms. The number of hydrogen-bond donors (Lipinski definition) is 2. The van der Waals surface area contributed by atoms with E-state index in [9.17, 15) is 14.7 Å². The Morgan fingerprint density at radius 1 is 1.18 bits per heavy atom. The molecule has 0 saturated heterocycles. The molecule has 1 saturated carbocycles. The molecule has 1 fully saturated rings. The molecule has 1 aromatic carbocycles. The summed E-state index contributed by atoms with van der Waals surface area (Å²) in [5, 5.41) is 12.6. The van der Waals surface area contributed by atoms with Crippen LogP contribution in [0, 0.1) is 11.3 Å². The highest BCUT2D eigenvalue weighted by Crippen LogP contribution is 2.39. The summed E-state index contributed by atoms with van der Waals surface area (Å²) in [4.78, 5) is 24.5. The van der Waals surface area contributed by atoms with Crippen molar-refractivity contribution in [2.24, 2.45) is 11.3 Å². The summed E-state index contributed by atoms with van der Waals surface area (Å²) in [6, 6.07) is 9.41. The lowest BCUT2D eigenvalue weighted by Gasteiger charge is -2.36. The van der Waals surface area contributed by atoms with Gasteiger partial charge in [0.15, 0.2) is 0 Å². The number of carbonyl (C=O) groups is 2. The average Bonchev–Trinajstić information content (AvgIpc) is 2.55. The van der Waals surface area contributed by atoms with Crippen LogP contribution in [-0.4, -0.2) is 17.0 Å². The number of carboxylic acid groups (broad SMARTS) is 1. The van der Waals surface area contributed by atoms with E-state index in [-0.39, 0.29) is 17.9 Å². The summed E-state index contributed by atoms with van der Waals surface area (Å²) in [5.74, 6) is -1.47. The Balaban J connectivity index is 2.14. The van der Waals surface area contributed by atoms with Crippen LogP contribution in [0.25, 0.3) is 0 Å². The lowest BCUT2D eigenvalue weighted by molar-refractivity contribution is -0.160. The van der Waals surface area contributed by atoms with Gasteiger partial charge in [0.05, 0.1) is 6.04 Å². The number of aliphatic carboxylic acids is 1. The molecular formula is C18H25NO3. The number of benzene rings is 1. The summed E-state index contributed by atoms with van der Waals surface area (Å²) in [5.41, 5.74) is -0.365. The first-order chi connectivity index (χ1) is 10.5. The van der Waals surface area contributed by atoms with Gasteiger partial charge in [-0.25, -0.2) is 0 Å². The molecule has 1 aliphatic rings. The van der Waals surface area contributed by atoms with Crippen molar-refractivity contribution in [3.63, 3.8) is 0 Å². The first-order valence-electron chi connectivity index (χ1n) is 8.05. The zero-order valence-corrected chi connectivity index (χ0v) is 13.3. The van der Waals surface area contributed by atoms with Gasteiger partial charge in [0.2, 0.25) is 5.91 Å². The van der Waals surface area contributed by atoms with Crippen LogP contribution < -0.4 is 5.32 Å². The predicted octanol–water partition coefficient (Wildman–Crippen LogP) is 3.54. The van der Waals surface area contributed by atoms with Crippen LogP contribution in [0.5, 0.6) is 0 Å². The fourth-order valence-electron chi connectivity index (χ4n) is 3.31. The van der Waals surface area contributed by atoms with Crippen LogP contribution >= 0.6 is 0 Å². The van der Waals surface area contributed by atoms with Crippen LogP contribution in [0.15, 0.2) is 30.3 Å². The van der Waals surface area contributed by atoms with E-state index in [1.807, 2.05) is 37.3 Å². The molecule has 0 bridgehead atoms. The van der Waals surface area contributed by atoms with Crippen molar-refractivity contribution >= 4 is 11.9 Å². The van der Waals surface area contributed by atoms with E-state index >= 15 is 0 Å². The van der Waals surface area contributed by atoms with Crippen molar-refractivity contribution in [3.8, 4) is 0 Å². The zero-order chi connectivity index (χ0) is 16.2. The molecule has 0 heterocycles. The van der Waals surface area contributed by atoms with Crippen molar-refractivity contribution < 1.29 is 14.7 Å². The fraction of sp³-hybridized carbons (Fsp3) is 0.556. The quantitative estimate of drug-likeness (QED) is 0.818. The number of nitrogens with one attached hydrogen (secondary N) is 1. The smallest absolute Gasteiger partial charge is 0.319 e. The van der Waals surface area contributed by atoms with Crippen molar-refractivity contribution in [1.82, 2.24) is 5.32 Å². The minimum absolute atomic E-state index is 0.0817. The maximum Gasteiger partial charge on any atom is 0.319 e. The van der Waals surface area contributed by atoms with Gasteiger partial charge in [-0.15, -0.1) is 0 Å². The van der Waals surface area contributed by atoms with Crippen LogP contribution in [0.1, 0.15) is 57.6 Å².